The highest BCUT2D eigenvalue weighted by Crippen LogP contribution is 2.27. The highest BCUT2D eigenvalue weighted by molar-refractivity contribution is 14.0. The quantitative estimate of drug-likeness (QED) is 0.343. The second kappa shape index (κ2) is 11.2. The molecular formula is C19H29IN6O3. The normalized spacial score (nSPS) is 15.8. The van der Waals surface area contributed by atoms with Crippen LogP contribution in [0.15, 0.2) is 33.8 Å². The number of hydrogen-bond acceptors (Lipinski definition) is 7. The Kier molecular flexibility index (Phi) is 8.96. The fraction of sp³-hybridized carbons (Fsp3) is 0.526. The second-order valence-electron chi connectivity index (χ2n) is 6.51. The van der Waals surface area contributed by atoms with Crippen molar-refractivity contribution in [1.82, 2.24) is 20.4 Å². The summed E-state index contributed by atoms with van der Waals surface area (Å²) < 4.78 is 10.8. The van der Waals surface area contributed by atoms with Gasteiger partial charge in [0.05, 0.1) is 12.2 Å². The zero-order chi connectivity index (χ0) is 19.9. The van der Waals surface area contributed by atoms with Crippen LogP contribution in [0.5, 0.6) is 5.75 Å². The molecule has 1 saturated heterocycles. The maximum absolute atomic E-state index is 10.0. The van der Waals surface area contributed by atoms with Gasteiger partial charge in [-0.05, 0) is 26.0 Å². The molecule has 29 heavy (non-hydrogen) atoms. The molecule has 0 aliphatic carbocycles. The van der Waals surface area contributed by atoms with Gasteiger partial charge in [0.25, 0.3) is 0 Å². The van der Waals surface area contributed by atoms with E-state index in [9.17, 15) is 5.11 Å². The number of guanidine groups is 1. The molecular weight excluding hydrogens is 487 g/mol. The van der Waals surface area contributed by atoms with Crippen LogP contribution >= 0.6 is 24.0 Å². The molecule has 10 heteroatoms. The lowest BCUT2D eigenvalue weighted by Crippen LogP contribution is -2.52. The third kappa shape index (κ3) is 5.95. The van der Waals surface area contributed by atoms with Crippen LogP contribution in [-0.2, 0) is 11.3 Å². The molecule has 0 saturated carbocycles. The average Bonchev–Trinajstić information content (AvgIpc) is 3.19. The van der Waals surface area contributed by atoms with Crippen molar-refractivity contribution in [2.45, 2.75) is 26.5 Å². The van der Waals surface area contributed by atoms with Gasteiger partial charge in [0, 0.05) is 39.8 Å². The van der Waals surface area contributed by atoms with Gasteiger partial charge in [-0.3, -0.25) is 4.99 Å². The summed E-state index contributed by atoms with van der Waals surface area (Å²) in [6, 6.07) is 7.42. The Hall–Kier alpha value is -2.08. The maximum Gasteiger partial charge on any atom is 0.246 e. The molecule has 160 valence electrons. The number of nitrogens with one attached hydrogen (secondary N) is 1. The molecule has 2 heterocycles. The Labute approximate surface area is 188 Å². The lowest BCUT2D eigenvalue weighted by atomic mass is 10.2. The fourth-order valence-electron chi connectivity index (χ4n) is 3.21. The van der Waals surface area contributed by atoms with E-state index in [1.165, 1.54) is 0 Å². The zero-order valence-electron chi connectivity index (χ0n) is 17.0. The third-order valence-electron chi connectivity index (χ3n) is 4.68. The molecule has 2 N–H and O–H groups in total. The first-order valence-corrected chi connectivity index (χ1v) is 9.55. The van der Waals surface area contributed by atoms with Gasteiger partial charge in [-0.2, -0.15) is 4.98 Å². The van der Waals surface area contributed by atoms with E-state index < -0.39 is 0 Å². The monoisotopic (exact) mass is 516 g/mol. The Bertz CT molecular complexity index is 792. The summed E-state index contributed by atoms with van der Waals surface area (Å²) >= 11 is 0. The highest BCUT2D eigenvalue weighted by Gasteiger charge is 2.22. The first kappa shape index (κ1) is 23.2. The van der Waals surface area contributed by atoms with Crippen molar-refractivity contribution >= 4 is 35.6 Å². The minimum atomic E-state index is -0.190. The standard InChI is InChI=1S/C19H28N6O3.HI/c1-4-27-14(2)18-22-17(28-23-18)13-21-19(20-3)25-11-9-24(10-12-25)15-7-5-6-8-16(15)26;/h5-8,14,26H,4,9-13H2,1-3H3,(H,20,21);1H. The molecule has 0 radical (unpaired) electrons. The molecule has 1 unspecified atom stereocenters. The molecule has 1 fully saturated rings. The third-order valence-corrected chi connectivity index (χ3v) is 4.68. The highest BCUT2D eigenvalue weighted by atomic mass is 127. The van der Waals surface area contributed by atoms with Crippen LogP contribution in [0.4, 0.5) is 5.69 Å². The first-order valence-electron chi connectivity index (χ1n) is 9.55. The minimum absolute atomic E-state index is 0. The Morgan fingerprint density at radius 2 is 2.03 bits per heavy atom. The van der Waals surface area contributed by atoms with E-state index in [4.69, 9.17) is 9.26 Å². The molecule has 0 amide bonds. The zero-order valence-corrected chi connectivity index (χ0v) is 19.4. The fourth-order valence-corrected chi connectivity index (χ4v) is 3.21. The van der Waals surface area contributed by atoms with Gasteiger partial charge in [-0.25, -0.2) is 0 Å². The van der Waals surface area contributed by atoms with Crippen LogP contribution in [0.1, 0.15) is 31.7 Å². The van der Waals surface area contributed by atoms with Crippen LogP contribution in [0.3, 0.4) is 0 Å². The van der Waals surface area contributed by atoms with Gasteiger partial charge in [0.1, 0.15) is 11.9 Å². The molecule has 1 aromatic carbocycles. The summed E-state index contributed by atoms with van der Waals surface area (Å²) in [5.74, 6) is 2.14. The van der Waals surface area contributed by atoms with Gasteiger partial charge in [-0.1, -0.05) is 17.3 Å². The molecule has 0 spiro atoms. The number of anilines is 1. The van der Waals surface area contributed by atoms with Crippen molar-refractivity contribution < 1.29 is 14.4 Å². The smallest absolute Gasteiger partial charge is 0.246 e. The van der Waals surface area contributed by atoms with Crippen molar-refractivity contribution in [3.8, 4) is 5.75 Å². The number of phenolic OH excluding ortho intramolecular Hbond substituents is 1. The van der Waals surface area contributed by atoms with Crippen molar-refractivity contribution in [2.24, 2.45) is 4.99 Å². The van der Waals surface area contributed by atoms with Gasteiger partial charge >= 0.3 is 0 Å². The summed E-state index contributed by atoms with van der Waals surface area (Å²) in [4.78, 5) is 13.1. The predicted molar refractivity (Wildman–Crippen MR) is 122 cm³/mol. The average molecular weight is 516 g/mol. The first-order chi connectivity index (χ1) is 13.6. The van der Waals surface area contributed by atoms with Crippen LogP contribution in [-0.4, -0.2) is 65.9 Å². The number of hydrogen-bond donors (Lipinski definition) is 2. The van der Waals surface area contributed by atoms with E-state index in [0.29, 0.717) is 30.6 Å². The summed E-state index contributed by atoms with van der Waals surface area (Å²) in [5, 5.41) is 17.3. The number of rotatable bonds is 6. The lowest BCUT2D eigenvalue weighted by molar-refractivity contribution is 0.0683. The number of aromatic hydroxyl groups is 1. The van der Waals surface area contributed by atoms with Gasteiger partial charge in [-0.15, -0.1) is 24.0 Å². The van der Waals surface area contributed by atoms with Crippen molar-refractivity contribution in [3.05, 3.63) is 36.0 Å². The molecule has 1 aliphatic heterocycles. The van der Waals surface area contributed by atoms with Crippen LogP contribution in [0.2, 0.25) is 0 Å². The number of aliphatic imine (C=N–C) groups is 1. The van der Waals surface area contributed by atoms with Gasteiger partial charge in [0.2, 0.25) is 5.89 Å². The number of nitrogens with zero attached hydrogens (tertiary/aromatic N) is 5. The van der Waals surface area contributed by atoms with E-state index in [1.807, 2.05) is 32.0 Å². The van der Waals surface area contributed by atoms with Crippen molar-refractivity contribution in [1.29, 1.82) is 0 Å². The molecule has 2 aromatic rings. The van der Waals surface area contributed by atoms with Crippen molar-refractivity contribution in [2.75, 3.05) is 44.7 Å². The van der Waals surface area contributed by atoms with E-state index in [1.54, 1.807) is 13.1 Å². The number of ether oxygens (including phenoxy) is 1. The van der Waals surface area contributed by atoms with Crippen LogP contribution < -0.4 is 10.2 Å². The van der Waals surface area contributed by atoms with Crippen molar-refractivity contribution in [3.63, 3.8) is 0 Å². The predicted octanol–water partition coefficient (Wildman–Crippen LogP) is 2.39. The molecule has 3 rings (SSSR count). The van der Waals surface area contributed by atoms with Gasteiger partial charge < -0.3 is 29.5 Å². The molecule has 1 atom stereocenters. The molecule has 0 bridgehead atoms. The number of para-hydroxylation sites is 2. The number of benzene rings is 1. The van der Waals surface area contributed by atoms with E-state index in [0.717, 1.165) is 37.8 Å². The number of halogens is 1. The van der Waals surface area contributed by atoms with E-state index in [-0.39, 0.29) is 30.1 Å². The summed E-state index contributed by atoms with van der Waals surface area (Å²) in [5.41, 5.74) is 0.868. The van der Waals surface area contributed by atoms with Crippen LogP contribution in [0.25, 0.3) is 0 Å². The topological polar surface area (TPSA) is 99.3 Å². The minimum Gasteiger partial charge on any atom is -0.506 e. The summed E-state index contributed by atoms with van der Waals surface area (Å²) in [7, 11) is 1.76. The maximum atomic E-state index is 10.0. The lowest BCUT2D eigenvalue weighted by Gasteiger charge is -2.37. The van der Waals surface area contributed by atoms with E-state index in [2.05, 4.69) is 30.2 Å². The van der Waals surface area contributed by atoms with Gasteiger partial charge in [0.15, 0.2) is 11.8 Å². The largest absolute Gasteiger partial charge is 0.506 e. The summed E-state index contributed by atoms with van der Waals surface area (Å²) in [6.07, 6.45) is -0.190. The number of phenols is 1. The number of piperazine rings is 1. The molecule has 1 aliphatic rings. The Balaban J connectivity index is 0.00000300. The second-order valence-corrected chi connectivity index (χ2v) is 6.51. The van der Waals surface area contributed by atoms with Crippen LogP contribution in [0, 0.1) is 0 Å². The molecule has 9 nitrogen and oxygen atoms in total. The number of aromatic nitrogens is 2. The summed E-state index contributed by atoms with van der Waals surface area (Å²) in [6.45, 7) is 8.02. The SMILES string of the molecule is CCOC(C)c1noc(CNC(=NC)N2CCN(c3ccccc3O)CC2)n1.I. The van der Waals surface area contributed by atoms with E-state index >= 15 is 0 Å². The Morgan fingerprint density at radius 1 is 1.31 bits per heavy atom. The Morgan fingerprint density at radius 3 is 2.69 bits per heavy atom. The molecule has 1 aromatic heterocycles.